The number of nitrogens with zero attached hydrogens (tertiary/aromatic N) is 2. The van der Waals surface area contributed by atoms with Gasteiger partial charge in [-0.3, -0.25) is 4.99 Å². The first-order valence-electron chi connectivity index (χ1n) is 8.40. The molecule has 1 aromatic carbocycles. The van der Waals surface area contributed by atoms with Crippen molar-refractivity contribution in [3.8, 4) is 0 Å². The fraction of sp³-hybridized carbons (Fsp3) is 0.611. The molecule has 5 heteroatoms. The molecule has 2 saturated carbocycles. The van der Waals surface area contributed by atoms with Gasteiger partial charge in [0.2, 0.25) is 0 Å². The second kappa shape index (κ2) is 8.19. The van der Waals surface area contributed by atoms with Crippen LogP contribution >= 0.6 is 39.9 Å². The average molecular weight is 492 g/mol. The first-order chi connectivity index (χ1) is 10.6. The summed E-state index contributed by atoms with van der Waals surface area (Å²) in [4.78, 5) is 6.94. The van der Waals surface area contributed by atoms with Gasteiger partial charge >= 0.3 is 0 Å². The van der Waals surface area contributed by atoms with Crippen molar-refractivity contribution in [1.29, 1.82) is 0 Å². The summed E-state index contributed by atoms with van der Waals surface area (Å²) in [5.41, 5.74) is 7.78. The Labute approximate surface area is 165 Å². The molecular formula is C18H27BrIN3. The van der Waals surface area contributed by atoms with Gasteiger partial charge in [-0.1, -0.05) is 47.3 Å². The number of benzene rings is 1. The summed E-state index contributed by atoms with van der Waals surface area (Å²) in [6.07, 6.45) is 8.87. The summed E-state index contributed by atoms with van der Waals surface area (Å²) in [7, 11) is 2.07. The van der Waals surface area contributed by atoms with Crippen LogP contribution in [-0.4, -0.2) is 30.5 Å². The monoisotopic (exact) mass is 491 g/mol. The first-order valence-corrected chi connectivity index (χ1v) is 9.19. The summed E-state index contributed by atoms with van der Waals surface area (Å²) in [5.74, 6) is 0.711. The Balaban J connectivity index is 0.00000192. The molecule has 0 aromatic heterocycles. The molecule has 1 aromatic rings. The lowest BCUT2D eigenvalue weighted by Gasteiger charge is -2.37. The highest BCUT2D eigenvalue weighted by Crippen LogP contribution is 2.40. The van der Waals surface area contributed by atoms with E-state index in [1.807, 2.05) is 0 Å². The maximum atomic E-state index is 6.21. The lowest BCUT2D eigenvalue weighted by Crippen LogP contribution is -2.38. The van der Waals surface area contributed by atoms with Crippen molar-refractivity contribution in [2.75, 3.05) is 13.6 Å². The molecule has 2 aliphatic rings. The van der Waals surface area contributed by atoms with E-state index >= 15 is 0 Å². The van der Waals surface area contributed by atoms with Gasteiger partial charge in [0, 0.05) is 23.0 Å². The molecular weight excluding hydrogens is 465 g/mol. The van der Waals surface area contributed by atoms with E-state index < -0.39 is 0 Å². The Morgan fingerprint density at radius 2 is 2.00 bits per heavy atom. The number of hydrogen-bond acceptors (Lipinski definition) is 1. The lowest BCUT2D eigenvalue weighted by molar-refractivity contribution is 0.300. The zero-order chi connectivity index (χ0) is 15.6. The minimum Gasteiger partial charge on any atom is -0.370 e. The SMILES string of the molecule is CN(C(N)=NCC1(c2cccc(Br)c2)CCCCC1)C1CC1.I. The van der Waals surface area contributed by atoms with Crippen LogP contribution in [0.5, 0.6) is 0 Å². The third-order valence-corrected chi connectivity index (χ3v) is 5.74. The predicted octanol–water partition coefficient (Wildman–Crippen LogP) is 4.68. The number of aliphatic imine (C=N–C) groups is 1. The summed E-state index contributed by atoms with van der Waals surface area (Å²) < 4.78 is 1.15. The lowest BCUT2D eigenvalue weighted by atomic mass is 9.69. The summed E-state index contributed by atoms with van der Waals surface area (Å²) in [6, 6.07) is 9.38. The van der Waals surface area contributed by atoms with E-state index in [0.717, 1.165) is 11.0 Å². The number of rotatable bonds is 4. The van der Waals surface area contributed by atoms with Crippen LogP contribution in [0.3, 0.4) is 0 Å². The molecule has 2 aliphatic carbocycles. The van der Waals surface area contributed by atoms with Gasteiger partial charge in [-0.05, 0) is 43.4 Å². The predicted molar refractivity (Wildman–Crippen MR) is 112 cm³/mol. The standard InChI is InChI=1S/C18H26BrN3.HI/c1-22(16-8-9-16)17(20)21-13-18(10-3-2-4-11-18)14-6-5-7-15(19)12-14;/h5-7,12,16H,2-4,8-11,13H2,1H3,(H2,20,21);1H. The summed E-state index contributed by atoms with van der Waals surface area (Å²) >= 11 is 3.61. The van der Waals surface area contributed by atoms with Crippen molar-refractivity contribution >= 4 is 45.9 Å². The maximum absolute atomic E-state index is 6.21. The third-order valence-electron chi connectivity index (χ3n) is 5.25. The number of guanidine groups is 1. The Morgan fingerprint density at radius 1 is 1.30 bits per heavy atom. The Bertz CT molecular complexity index is 551. The topological polar surface area (TPSA) is 41.6 Å². The van der Waals surface area contributed by atoms with E-state index in [1.54, 1.807) is 0 Å². The molecule has 0 aliphatic heterocycles. The molecule has 23 heavy (non-hydrogen) atoms. The summed E-state index contributed by atoms with van der Waals surface area (Å²) in [5, 5.41) is 0. The van der Waals surface area contributed by atoms with Crippen LogP contribution < -0.4 is 5.73 Å². The first kappa shape index (κ1) is 19.0. The molecule has 0 heterocycles. The van der Waals surface area contributed by atoms with Gasteiger partial charge in [-0.25, -0.2) is 0 Å². The van der Waals surface area contributed by atoms with Gasteiger partial charge in [0.1, 0.15) is 0 Å². The number of halogens is 2. The molecule has 0 bridgehead atoms. The Kier molecular flexibility index (Phi) is 6.77. The van der Waals surface area contributed by atoms with Crippen molar-refractivity contribution < 1.29 is 0 Å². The molecule has 128 valence electrons. The minimum atomic E-state index is 0. The highest BCUT2D eigenvalue weighted by atomic mass is 127. The Morgan fingerprint density at radius 3 is 2.61 bits per heavy atom. The van der Waals surface area contributed by atoms with Crippen molar-refractivity contribution in [3.05, 3.63) is 34.3 Å². The molecule has 2 N–H and O–H groups in total. The van der Waals surface area contributed by atoms with Crippen LogP contribution in [0.2, 0.25) is 0 Å². The third kappa shape index (κ3) is 4.62. The number of nitrogens with two attached hydrogens (primary N) is 1. The molecule has 2 fully saturated rings. The van der Waals surface area contributed by atoms with Crippen LogP contribution in [0.4, 0.5) is 0 Å². The van der Waals surface area contributed by atoms with Gasteiger partial charge < -0.3 is 10.6 Å². The van der Waals surface area contributed by atoms with E-state index in [1.165, 1.54) is 50.5 Å². The second-order valence-corrected chi connectivity index (χ2v) is 7.78. The van der Waals surface area contributed by atoms with E-state index in [2.05, 4.69) is 52.1 Å². The van der Waals surface area contributed by atoms with E-state index in [9.17, 15) is 0 Å². The average Bonchev–Trinajstić information content (AvgIpc) is 3.38. The van der Waals surface area contributed by atoms with Crippen molar-refractivity contribution in [1.82, 2.24) is 4.90 Å². The largest absolute Gasteiger partial charge is 0.370 e. The second-order valence-electron chi connectivity index (χ2n) is 6.87. The molecule has 0 saturated heterocycles. The zero-order valence-electron chi connectivity index (χ0n) is 13.8. The fourth-order valence-corrected chi connectivity index (χ4v) is 3.98. The van der Waals surface area contributed by atoms with Crippen LogP contribution in [0.1, 0.15) is 50.5 Å². The van der Waals surface area contributed by atoms with Crippen molar-refractivity contribution in [3.63, 3.8) is 0 Å². The molecule has 0 unspecified atom stereocenters. The van der Waals surface area contributed by atoms with E-state index in [4.69, 9.17) is 10.7 Å². The molecule has 0 radical (unpaired) electrons. The normalized spacial score (nSPS) is 20.7. The molecule has 3 nitrogen and oxygen atoms in total. The fourth-order valence-electron chi connectivity index (χ4n) is 3.58. The van der Waals surface area contributed by atoms with Crippen LogP contribution in [-0.2, 0) is 5.41 Å². The van der Waals surface area contributed by atoms with Crippen LogP contribution in [0.15, 0.2) is 33.7 Å². The van der Waals surface area contributed by atoms with Crippen LogP contribution in [0, 0.1) is 0 Å². The number of hydrogen-bond donors (Lipinski definition) is 1. The molecule has 0 spiro atoms. The Hall–Kier alpha value is -0.300. The van der Waals surface area contributed by atoms with E-state index in [0.29, 0.717) is 12.0 Å². The van der Waals surface area contributed by atoms with Crippen molar-refractivity contribution in [2.45, 2.75) is 56.4 Å². The molecule has 0 atom stereocenters. The maximum Gasteiger partial charge on any atom is 0.191 e. The molecule has 3 rings (SSSR count). The van der Waals surface area contributed by atoms with E-state index in [-0.39, 0.29) is 29.4 Å². The van der Waals surface area contributed by atoms with Crippen LogP contribution in [0.25, 0.3) is 0 Å². The zero-order valence-corrected chi connectivity index (χ0v) is 17.7. The molecule has 0 amide bonds. The van der Waals surface area contributed by atoms with Crippen molar-refractivity contribution in [2.24, 2.45) is 10.7 Å². The highest BCUT2D eigenvalue weighted by molar-refractivity contribution is 14.0. The van der Waals surface area contributed by atoms with Gasteiger partial charge in [0.15, 0.2) is 5.96 Å². The van der Waals surface area contributed by atoms with Gasteiger partial charge in [-0.2, -0.15) is 0 Å². The summed E-state index contributed by atoms with van der Waals surface area (Å²) in [6.45, 7) is 0.812. The van der Waals surface area contributed by atoms with Gasteiger partial charge in [0.05, 0.1) is 6.54 Å². The van der Waals surface area contributed by atoms with Gasteiger partial charge in [-0.15, -0.1) is 24.0 Å². The minimum absolute atomic E-state index is 0. The quantitative estimate of drug-likeness (QED) is 0.377. The van der Waals surface area contributed by atoms with Gasteiger partial charge in [0.25, 0.3) is 0 Å². The smallest absolute Gasteiger partial charge is 0.191 e. The highest BCUT2D eigenvalue weighted by Gasteiger charge is 2.34.